The normalized spacial score (nSPS) is 11.5. The smallest absolute Gasteiger partial charge is 0.146 e. The molecular formula is C35H22N4O. The number of imidazole rings is 1. The summed E-state index contributed by atoms with van der Waals surface area (Å²) in [5, 5.41) is 2.04. The second-order valence-electron chi connectivity index (χ2n) is 9.76. The van der Waals surface area contributed by atoms with E-state index in [9.17, 15) is 0 Å². The number of para-hydroxylation sites is 2. The van der Waals surface area contributed by atoms with E-state index < -0.39 is 0 Å². The molecule has 0 saturated carbocycles. The highest BCUT2D eigenvalue weighted by Gasteiger charge is 2.15. The average Bonchev–Trinajstić information content (AvgIpc) is 3.42. The van der Waals surface area contributed by atoms with Crippen LogP contribution in [0.2, 0.25) is 0 Å². The Morgan fingerprint density at radius 1 is 0.525 bits per heavy atom. The van der Waals surface area contributed by atoms with Crippen molar-refractivity contribution in [2.75, 3.05) is 0 Å². The van der Waals surface area contributed by atoms with E-state index in [1.54, 1.807) is 0 Å². The van der Waals surface area contributed by atoms with E-state index in [-0.39, 0.29) is 0 Å². The van der Waals surface area contributed by atoms with Gasteiger partial charge in [0.25, 0.3) is 0 Å². The molecule has 4 aromatic carbocycles. The van der Waals surface area contributed by atoms with E-state index in [1.165, 1.54) is 0 Å². The van der Waals surface area contributed by atoms with Crippen molar-refractivity contribution in [3.05, 3.63) is 134 Å². The minimum atomic E-state index is 0.736. The zero-order chi connectivity index (χ0) is 26.5. The third-order valence-electron chi connectivity index (χ3n) is 7.31. The van der Waals surface area contributed by atoms with Crippen LogP contribution in [-0.2, 0) is 0 Å². The molecule has 0 aliphatic carbocycles. The molecule has 0 bridgehead atoms. The van der Waals surface area contributed by atoms with Gasteiger partial charge in [-0.15, -0.1) is 0 Å². The molecule has 40 heavy (non-hydrogen) atoms. The number of benzene rings is 4. The number of hydrogen-bond donors (Lipinski definition) is 0. The summed E-state index contributed by atoms with van der Waals surface area (Å²) < 4.78 is 8.60. The molecule has 8 aromatic rings. The van der Waals surface area contributed by atoms with Crippen LogP contribution in [-0.4, -0.2) is 19.4 Å². The van der Waals surface area contributed by atoms with Crippen molar-refractivity contribution in [2.24, 2.45) is 0 Å². The predicted octanol–water partition coefficient (Wildman–Crippen LogP) is 8.71. The van der Waals surface area contributed by atoms with Gasteiger partial charge in [-0.1, -0.05) is 54.6 Å². The molecule has 0 fully saturated rings. The average molecular weight is 515 g/mol. The number of pyridine rings is 3. The van der Waals surface area contributed by atoms with Crippen molar-refractivity contribution in [1.29, 1.82) is 0 Å². The Morgan fingerprint density at radius 3 is 2.30 bits per heavy atom. The van der Waals surface area contributed by atoms with Crippen LogP contribution in [0, 0.1) is 0 Å². The lowest BCUT2D eigenvalue weighted by Crippen LogP contribution is -1.94. The lowest BCUT2D eigenvalue weighted by atomic mass is 10.0. The summed E-state index contributed by atoms with van der Waals surface area (Å²) in [7, 11) is 0. The van der Waals surface area contributed by atoms with Crippen molar-refractivity contribution >= 4 is 38.5 Å². The number of ether oxygens (including phenoxy) is 1. The number of hydrogen-bond acceptors (Lipinski definition) is 4. The van der Waals surface area contributed by atoms with Crippen LogP contribution in [0.3, 0.4) is 0 Å². The van der Waals surface area contributed by atoms with Crippen LogP contribution in [0.1, 0.15) is 0 Å². The van der Waals surface area contributed by atoms with Crippen LogP contribution >= 0.6 is 0 Å². The van der Waals surface area contributed by atoms with Gasteiger partial charge in [0.15, 0.2) is 0 Å². The number of rotatable bonds is 4. The maximum Gasteiger partial charge on any atom is 0.146 e. The largest absolute Gasteiger partial charge is 0.457 e. The summed E-state index contributed by atoms with van der Waals surface area (Å²) in [4.78, 5) is 14.4. The van der Waals surface area contributed by atoms with Crippen molar-refractivity contribution in [3.8, 4) is 33.9 Å². The van der Waals surface area contributed by atoms with Crippen molar-refractivity contribution in [1.82, 2.24) is 19.4 Å². The predicted molar refractivity (Wildman–Crippen MR) is 161 cm³/mol. The summed E-state index contributed by atoms with van der Waals surface area (Å²) >= 11 is 0. The summed E-state index contributed by atoms with van der Waals surface area (Å²) in [5.41, 5.74) is 9.04. The van der Waals surface area contributed by atoms with Gasteiger partial charge in [0.05, 0.1) is 27.8 Å². The summed E-state index contributed by atoms with van der Waals surface area (Å²) in [6.45, 7) is 0. The molecule has 0 aliphatic heterocycles. The van der Waals surface area contributed by atoms with Crippen molar-refractivity contribution < 1.29 is 4.74 Å². The van der Waals surface area contributed by atoms with Gasteiger partial charge < -0.3 is 4.74 Å². The maximum atomic E-state index is 6.41. The standard InChI is InChI=1S/C35H22N4O/c1-2-8-23(9-3-1)24-17-19-36-31(21-24)25-10-6-11-26(20-25)40-27-15-16-28-29(22-27)35-38-30-12-4-5-13-32(30)39(35)33-14-7-18-37-34(28)33/h1-22H. The van der Waals surface area contributed by atoms with Gasteiger partial charge in [-0.2, -0.15) is 0 Å². The number of nitrogens with zero attached hydrogens (tertiary/aromatic N) is 4. The Morgan fingerprint density at radius 2 is 1.35 bits per heavy atom. The lowest BCUT2D eigenvalue weighted by molar-refractivity contribution is 0.483. The molecule has 0 atom stereocenters. The topological polar surface area (TPSA) is 52.3 Å². The fourth-order valence-electron chi connectivity index (χ4n) is 5.47. The molecule has 0 saturated heterocycles. The highest BCUT2D eigenvalue weighted by molar-refractivity contribution is 6.12. The molecule has 4 heterocycles. The first-order valence-corrected chi connectivity index (χ1v) is 13.2. The van der Waals surface area contributed by atoms with Crippen molar-refractivity contribution in [3.63, 3.8) is 0 Å². The lowest BCUT2D eigenvalue weighted by Gasteiger charge is -2.11. The van der Waals surface area contributed by atoms with E-state index in [1.807, 2.05) is 85.2 Å². The number of fused-ring (bicyclic) bond motifs is 8. The van der Waals surface area contributed by atoms with E-state index >= 15 is 0 Å². The molecule has 0 aliphatic rings. The molecule has 0 unspecified atom stereocenters. The van der Waals surface area contributed by atoms with E-state index in [4.69, 9.17) is 14.7 Å². The van der Waals surface area contributed by atoms with Crippen molar-refractivity contribution in [2.45, 2.75) is 0 Å². The van der Waals surface area contributed by atoms with Gasteiger partial charge in [0.2, 0.25) is 0 Å². The van der Waals surface area contributed by atoms with Crippen LogP contribution in [0.25, 0.3) is 60.9 Å². The monoisotopic (exact) mass is 514 g/mol. The Labute approximate surface area is 230 Å². The molecule has 8 rings (SSSR count). The quantitative estimate of drug-likeness (QED) is 0.220. The van der Waals surface area contributed by atoms with Gasteiger partial charge in [-0.05, 0) is 77.9 Å². The second-order valence-corrected chi connectivity index (χ2v) is 9.76. The summed E-state index contributed by atoms with van der Waals surface area (Å²) in [5.74, 6) is 1.48. The maximum absolute atomic E-state index is 6.41. The first kappa shape index (κ1) is 22.4. The first-order chi connectivity index (χ1) is 19.8. The van der Waals surface area contributed by atoms with Gasteiger partial charge in [-0.3, -0.25) is 14.4 Å². The van der Waals surface area contributed by atoms with Gasteiger partial charge in [0.1, 0.15) is 17.1 Å². The second kappa shape index (κ2) is 9.03. The van der Waals surface area contributed by atoms with Gasteiger partial charge in [0, 0.05) is 28.7 Å². The minimum absolute atomic E-state index is 0.736. The Bertz CT molecular complexity index is 2200. The highest BCUT2D eigenvalue weighted by Crippen LogP contribution is 2.35. The summed E-state index contributed by atoms with van der Waals surface area (Å²) in [6.07, 6.45) is 3.69. The molecule has 0 radical (unpaired) electrons. The molecular weight excluding hydrogens is 492 g/mol. The fourth-order valence-corrected chi connectivity index (χ4v) is 5.47. The van der Waals surface area contributed by atoms with E-state index in [0.29, 0.717) is 0 Å². The first-order valence-electron chi connectivity index (χ1n) is 13.2. The molecule has 5 nitrogen and oxygen atoms in total. The SMILES string of the molecule is c1ccc(-c2ccnc(-c3cccc(Oc4ccc5c(c4)c4nc6ccccc6n4c4cccnc54)c3)c2)cc1. The third kappa shape index (κ3) is 3.68. The fraction of sp³-hybridized carbons (Fsp3) is 0. The van der Waals surface area contributed by atoms with Crippen LogP contribution in [0.4, 0.5) is 0 Å². The minimum Gasteiger partial charge on any atom is -0.457 e. The zero-order valence-corrected chi connectivity index (χ0v) is 21.4. The molecule has 0 amide bonds. The van der Waals surface area contributed by atoms with Crippen LogP contribution in [0.5, 0.6) is 11.5 Å². The van der Waals surface area contributed by atoms with Crippen LogP contribution < -0.4 is 4.74 Å². The molecule has 4 aromatic heterocycles. The highest BCUT2D eigenvalue weighted by atomic mass is 16.5. The van der Waals surface area contributed by atoms with Gasteiger partial charge >= 0.3 is 0 Å². The van der Waals surface area contributed by atoms with Gasteiger partial charge in [-0.25, -0.2) is 4.98 Å². The third-order valence-corrected chi connectivity index (χ3v) is 7.31. The Balaban J connectivity index is 1.22. The molecule has 0 spiro atoms. The Hall–Kier alpha value is -5.55. The number of aromatic nitrogens is 4. The van der Waals surface area contributed by atoms with E-state index in [0.717, 1.165) is 72.4 Å². The van der Waals surface area contributed by atoms with Crippen LogP contribution in [0.15, 0.2) is 134 Å². The molecule has 5 heteroatoms. The summed E-state index contributed by atoms with van der Waals surface area (Å²) in [6, 6.07) is 40.9. The zero-order valence-electron chi connectivity index (χ0n) is 21.4. The molecule has 188 valence electrons. The molecule has 0 N–H and O–H groups in total. The van der Waals surface area contributed by atoms with E-state index in [2.05, 4.69) is 57.9 Å². The Kier molecular flexibility index (Phi) is 5.07.